The van der Waals surface area contributed by atoms with E-state index in [9.17, 15) is 4.79 Å². The van der Waals surface area contributed by atoms with E-state index < -0.39 is 0 Å². The third-order valence-corrected chi connectivity index (χ3v) is 5.00. The molecule has 0 aliphatic carbocycles. The number of aryl methyl sites for hydroxylation is 1. The average Bonchev–Trinajstić information content (AvgIpc) is 2.85. The fraction of sp³-hybridized carbons (Fsp3) is 0.294. The molecule has 2 N–H and O–H groups in total. The summed E-state index contributed by atoms with van der Waals surface area (Å²) in [4.78, 5) is 12.0. The standard InChI is InChI=1S/C17H19N3O3S/c1-4-8-23-15-11(6-5-7-12(15)22-3)16-14-10(2)19-20-17(14)18-13(21)9-24-16/h4-7,16H,1,8-9H2,2-3H3,(H2,18,19,20,21). The molecule has 7 heteroatoms. The monoisotopic (exact) mass is 345 g/mol. The van der Waals surface area contributed by atoms with Crippen LogP contribution in [-0.4, -0.2) is 35.6 Å². The minimum Gasteiger partial charge on any atom is -0.493 e. The van der Waals surface area contributed by atoms with Gasteiger partial charge in [-0.05, 0) is 13.0 Å². The third kappa shape index (κ3) is 2.99. The number of carbonyl (C=O) groups is 1. The van der Waals surface area contributed by atoms with Gasteiger partial charge in [0.1, 0.15) is 6.61 Å². The highest BCUT2D eigenvalue weighted by Crippen LogP contribution is 2.47. The van der Waals surface area contributed by atoms with E-state index in [0.717, 1.165) is 16.8 Å². The van der Waals surface area contributed by atoms with Gasteiger partial charge in [-0.1, -0.05) is 24.8 Å². The van der Waals surface area contributed by atoms with E-state index in [1.165, 1.54) is 0 Å². The van der Waals surface area contributed by atoms with E-state index in [1.54, 1.807) is 24.9 Å². The largest absolute Gasteiger partial charge is 0.493 e. The zero-order valence-corrected chi connectivity index (χ0v) is 14.4. The summed E-state index contributed by atoms with van der Waals surface area (Å²) in [6, 6.07) is 5.77. The highest BCUT2D eigenvalue weighted by Gasteiger charge is 2.31. The molecule has 0 bridgehead atoms. The highest BCUT2D eigenvalue weighted by atomic mass is 32.2. The van der Waals surface area contributed by atoms with Gasteiger partial charge in [0, 0.05) is 16.8 Å². The van der Waals surface area contributed by atoms with Crippen LogP contribution in [0.4, 0.5) is 5.82 Å². The number of para-hydroxylation sites is 1. The molecule has 2 aromatic rings. The number of aromatic nitrogens is 2. The van der Waals surface area contributed by atoms with Crippen molar-refractivity contribution in [1.29, 1.82) is 0 Å². The lowest BCUT2D eigenvalue weighted by Gasteiger charge is -2.20. The molecule has 1 aliphatic rings. The summed E-state index contributed by atoms with van der Waals surface area (Å²) in [6.45, 7) is 6.02. The summed E-state index contributed by atoms with van der Waals surface area (Å²) in [5, 5.41) is 9.92. The first-order chi connectivity index (χ1) is 11.7. The van der Waals surface area contributed by atoms with Crippen LogP contribution in [0.25, 0.3) is 0 Å². The van der Waals surface area contributed by atoms with Gasteiger partial charge in [0.15, 0.2) is 17.3 Å². The summed E-state index contributed by atoms with van der Waals surface area (Å²) in [5.41, 5.74) is 2.83. The van der Waals surface area contributed by atoms with Crippen LogP contribution < -0.4 is 14.8 Å². The molecule has 6 nitrogen and oxygen atoms in total. The number of nitrogens with zero attached hydrogens (tertiary/aromatic N) is 1. The SMILES string of the molecule is C=CCOc1c(OC)cccc1C1SCC(=O)Nc2n[nH]c(C)c21. The number of rotatable bonds is 5. The van der Waals surface area contributed by atoms with E-state index >= 15 is 0 Å². The predicted octanol–water partition coefficient (Wildman–Crippen LogP) is 3.07. The molecule has 1 atom stereocenters. The molecule has 2 heterocycles. The molecule has 1 aliphatic heterocycles. The van der Waals surface area contributed by atoms with Crippen molar-refractivity contribution in [2.24, 2.45) is 0 Å². The third-order valence-electron chi connectivity index (χ3n) is 3.75. The second kappa shape index (κ2) is 7.00. The molecule has 0 spiro atoms. The zero-order valence-electron chi connectivity index (χ0n) is 13.6. The second-order valence-corrected chi connectivity index (χ2v) is 6.42. The molecule has 126 valence electrons. The Morgan fingerprint density at radius 2 is 2.33 bits per heavy atom. The first-order valence-corrected chi connectivity index (χ1v) is 8.57. The van der Waals surface area contributed by atoms with Crippen LogP contribution in [0.2, 0.25) is 0 Å². The van der Waals surface area contributed by atoms with E-state index in [0.29, 0.717) is 29.7 Å². The van der Waals surface area contributed by atoms with Crippen LogP contribution in [-0.2, 0) is 4.79 Å². The maximum absolute atomic E-state index is 12.0. The van der Waals surface area contributed by atoms with Crippen molar-refractivity contribution in [2.75, 3.05) is 24.8 Å². The Hall–Kier alpha value is -2.41. The molecule has 3 rings (SSSR count). The van der Waals surface area contributed by atoms with Crippen LogP contribution in [0, 0.1) is 6.92 Å². The molecule has 1 unspecified atom stereocenters. The second-order valence-electron chi connectivity index (χ2n) is 5.33. The number of fused-ring (bicyclic) bond motifs is 1. The van der Waals surface area contributed by atoms with Gasteiger partial charge in [0.2, 0.25) is 5.91 Å². The molecule has 24 heavy (non-hydrogen) atoms. The fourth-order valence-corrected chi connectivity index (χ4v) is 3.92. The number of methoxy groups -OCH3 is 1. The first kappa shape index (κ1) is 16.4. The Balaban J connectivity index is 2.12. The quantitative estimate of drug-likeness (QED) is 0.815. The Morgan fingerprint density at radius 3 is 3.08 bits per heavy atom. The van der Waals surface area contributed by atoms with Gasteiger partial charge in [-0.2, -0.15) is 5.10 Å². The minimum absolute atomic E-state index is 0.0632. The van der Waals surface area contributed by atoms with Crippen molar-refractivity contribution in [1.82, 2.24) is 10.2 Å². The topological polar surface area (TPSA) is 76.2 Å². The van der Waals surface area contributed by atoms with E-state index in [4.69, 9.17) is 9.47 Å². The molecular formula is C17H19N3O3S. The molecule has 0 radical (unpaired) electrons. The molecule has 1 amide bonds. The summed E-state index contributed by atoms with van der Waals surface area (Å²) in [7, 11) is 1.61. The van der Waals surface area contributed by atoms with Crippen LogP contribution >= 0.6 is 11.8 Å². The number of benzene rings is 1. The maximum atomic E-state index is 12.0. The number of amides is 1. The number of nitrogens with one attached hydrogen (secondary N) is 2. The molecular weight excluding hydrogens is 326 g/mol. The number of ether oxygens (including phenoxy) is 2. The van der Waals surface area contributed by atoms with Gasteiger partial charge in [0.25, 0.3) is 0 Å². The lowest BCUT2D eigenvalue weighted by Crippen LogP contribution is -2.12. The summed E-state index contributed by atoms with van der Waals surface area (Å²) >= 11 is 1.54. The van der Waals surface area contributed by atoms with Crippen molar-refractivity contribution in [2.45, 2.75) is 12.2 Å². The van der Waals surface area contributed by atoms with Gasteiger partial charge in [0.05, 0.1) is 18.1 Å². The number of anilines is 1. The van der Waals surface area contributed by atoms with Crippen molar-refractivity contribution >= 4 is 23.5 Å². The maximum Gasteiger partial charge on any atom is 0.235 e. The minimum atomic E-state index is -0.0902. The normalized spacial score (nSPS) is 16.8. The number of hydrogen-bond donors (Lipinski definition) is 2. The Kier molecular flexibility index (Phi) is 4.80. The summed E-state index contributed by atoms with van der Waals surface area (Å²) < 4.78 is 11.3. The zero-order chi connectivity index (χ0) is 17.1. The number of hydrogen-bond acceptors (Lipinski definition) is 5. The fourth-order valence-electron chi connectivity index (χ4n) is 2.71. The molecule has 1 aromatic heterocycles. The van der Waals surface area contributed by atoms with E-state index in [1.807, 2.05) is 25.1 Å². The van der Waals surface area contributed by atoms with Crippen LogP contribution in [0.3, 0.4) is 0 Å². The van der Waals surface area contributed by atoms with Gasteiger partial charge in [-0.25, -0.2) is 0 Å². The van der Waals surface area contributed by atoms with Crippen molar-refractivity contribution in [3.8, 4) is 11.5 Å². The van der Waals surface area contributed by atoms with Gasteiger partial charge >= 0.3 is 0 Å². The van der Waals surface area contributed by atoms with Crippen molar-refractivity contribution in [3.63, 3.8) is 0 Å². The lowest BCUT2D eigenvalue weighted by molar-refractivity contribution is -0.113. The average molecular weight is 345 g/mol. The van der Waals surface area contributed by atoms with Gasteiger partial charge in [-0.3, -0.25) is 9.89 Å². The van der Waals surface area contributed by atoms with Crippen molar-refractivity contribution < 1.29 is 14.3 Å². The molecule has 0 fully saturated rings. The predicted molar refractivity (Wildman–Crippen MR) is 94.9 cm³/mol. The Labute approximate surface area is 144 Å². The summed E-state index contributed by atoms with van der Waals surface area (Å²) in [6.07, 6.45) is 1.69. The number of H-pyrrole nitrogens is 1. The highest BCUT2D eigenvalue weighted by molar-refractivity contribution is 8.00. The summed E-state index contributed by atoms with van der Waals surface area (Å²) in [5.74, 6) is 2.18. The number of carbonyl (C=O) groups excluding carboxylic acids is 1. The molecule has 0 saturated heterocycles. The first-order valence-electron chi connectivity index (χ1n) is 7.52. The Bertz CT molecular complexity index is 772. The van der Waals surface area contributed by atoms with E-state index in [-0.39, 0.29) is 11.2 Å². The lowest BCUT2D eigenvalue weighted by atomic mass is 10.0. The Morgan fingerprint density at radius 1 is 1.50 bits per heavy atom. The number of thioether (sulfide) groups is 1. The molecule has 0 saturated carbocycles. The number of aromatic amines is 1. The van der Waals surface area contributed by atoms with Crippen LogP contribution in [0.5, 0.6) is 11.5 Å². The van der Waals surface area contributed by atoms with Gasteiger partial charge < -0.3 is 14.8 Å². The molecule has 1 aromatic carbocycles. The van der Waals surface area contributed by atoms with Gasteiger partial charge in [-0.15, -0.1) is 11.8 Å². The van der Waals surface area contributed by atoms with Crippen LogP contribution in [0.15, 0.2) is 30.9 Å². The smallest absolute Gasteiger partial charge is 0.235 e. The van der Waals surface area contributed by atoms with Crippen LogP contribution in [0.1, 0.15) is 22.1 Å². The van der Waals surface area contributed by atoms with E-state index in [2.05, 4.69) is 22.1 Å². The van der Waals surface area contributed by atoms with Crippen molar-refractivity contribution in [3.05, 3.63) is 47.7 Å².